The van der Waals surface area contributed by atoms with Gasteiger partial charge >= 0.3 is 0 Å². The van der Waals surface area contributed by atoms with Crippen molar-refractivity contribution in [1.82, 2.24) is 10.3 Å². The number of amides is 1. The van der Waals surface area contributed by atoms with Crippen LogP contribution >= 0.6 is 11.3 Å². The summed E-state index contributed by atoms with van der Waals surface area (Å²) in [6.07, 6.45) is 1.99. The Balaban J connectivity index is 1.75. The first-order valence-electron chi connectivity index (χ1n) is 6.72. The fraction of sp³-hybridized carbons (Fsp3) is 0.429. The van der Waals surface area contributed by atoms with Gasteiger partial charge in [-0.15, -0.1) is 0 Å². The fourth-order valence-corrected chi connectivity index (χ4v) is 3.27. The third-order valence-electron chi connectivity index (χ3n) is 3.49. The van der Waals surface area contributed by atoms with Crippen molar-refractivity contribution in [3.63, 3.8) is 0 Å². The van der Waals surface area contributed by atoms with Crippen LogP contribution in [0.2, 0.25) is 0 Å². The zero-order valence-corrected chi connectivity index (χ0v) is 12.1. The number of nitrogens with one attached hydrogen (secondary N) is 2. The Labute approximate surface area is 121 Å². The molecule has 5 nitrogen and oxygen atoms in total. The van der Waals surface area contributed by atoms with Crippen molar-refractivity contribution < 1.29 is 9.53 Å². The normalized spacial score (nSPS) is 18.9. The summed E-state index contributed by atoms with van der Waals surface area (Å²) in [4.78, 5) is 16.6. The zero-order chi connectivity index (χ0) is 13.9. The van der Waals surface area contributed by atoms with E-state index in [0.29, 0.717) is 5.13 Å². The average Bonchev–Trinajstić information content (AvgIpc) is 2.89. The van der Waals surface area contributed by atoms with Gasteiger partial charge in [-0.3, -0.25) is 4.79 Å². The lowest BCUT2D eigenvalue weighted by Gasteiger charge is -2.21. The van der Waals surface area contributed by atoms with E-state index in [1.54, 1.807) is 7.11 Å². The predicted molar refractivity (Wildman–Crippen MR) is 80.4 cm³/mol. The first-order chi connectivity index (χ1) is 9.76. The molecule has 0 bridgehead atoms. The van der Waals surface area contributed by atoms with E-state index in [4.69, 9.17) is 4.74 Å². The van der Waals surface area contributed by atoms with Gasteiger partial charge in [-0.25, -0.2) is 4.98 Å². The van der Waals surface area contributed by atoms with Crippen molar-refractivity contribution in [3.05, 3.63) is 18.2 Å². The molecule has 1 aliphatic rings. The number of rotatable bonds is 3. The van der Waals surface area contributed by atoms with Crippen LogP contribution in [0.3, 0.4) is 0 Å². The van der Waals surface area contributed by atoms with Gasteiger partial charge in [0, 0.05) is 6.54 Å². The number of methoxy groups -OCH3 is 1. The van der Waals surface area contributed by atoms with E-state index in [1.165, 1.54) is 11.3 Å². The molecule has 1 aromatic carbocycles. The molecule has 1 aromatic heterocycles. The molecule has 3 rings (SSSR count). The monoisotopic (exact) mass is 291 g/mol. The number of hydrogen-bond acceptors (Lipinski definition) is 5. The second kappa shape index (κ2) is 5.76. The van der Waals surface area contributed by atoms with Crippen molar-refractivity contribution in [3.8, 4) is 5.75 Å². The molecule has 1 aliphatic heterocycles. The average molecular weight is 291 g/mol. The SMILES string of the molecule is COc1ccc2nc(NC(=O)[C@H]3CCCNC3)sc2c1. The number of thiazole rings is 1. The predicted octanol–water partition coefficient (Wildman–Crippen LogP) is 2.24. The van der Waals surface area contributed by atoms with Gasteiger partial charge in [0.15, 0.2) is 5.13 Å². The summed E-state index contributed by atoms with van der Waals surface area (Å²) in [5.41, 5.74) is 0.882. The van der Waals surface area contributed by atoms with Crippen LogP contribution in [0, 0.1) is 5.92 Å². The minimum absolute atomic E-state index is 0.0466. The highest BCUT2D eigenvalue weighted by Gasteiger charge is 2.21. The Kier molecular flexibility index (Phi) is 3.84. The van der Waals surface area contributed by atoms with E-state index in [9.17, 15) is 4.79 Å². The third kappa shape index (κ3) is 2.76. The Hall–Kier alpha value is -1.66. The number of hydrogen-bond donors (Lipinski definition) is 2. The zero-order valence-electron chi connectivity index (χ0n) is 11.3. The van der Waals surface area contributed by atoms with E-state index in [-0.39, 0.29) is 11.8 Å². The molecule has 1 amide bonds. The molecule has 1 atom stereocenters. The lowest BCUT2D eigenvalue weighted by atomic mass is 9.99. The molecule has 2 aromatic rings. The van der Waals surface area contributed by atoms with E-state index in [1.807, 2.05) is 18.2 Å². The summed E-state index contributed by atoms with van der Waals surface area (Å²) in [5, 5.41) is 6.83. The summed E-state index contributed by atoms with van der Waals surface area (Å²) in [5.74, 6) is 0.907. The number of anilines is 1. The van der Waals surface area contributed by atoms with E-state index < -0.39 is 0 Å². The molecular formula is C14H17N3O2S. The van der Waals surface area contributed by atoms with Crippen molar-refractivity contribution in [1.29, 1.82) is 0 Å². The van der Waals surface area contributed by atoms with Crippen LogP contribution in [-0.2, 0) is 4.79 Å². The summed E-state index contributed by atoms with van der Waals surface area (Å²) >= 11 is 1.48. The molecular weight excluding hydrogens is 274 g/mol. The maximum absolute atomic E-state index is 12.2. The first-order valence-corrected chi connectivity index (χ1v) is 7.54. The van der Waals surface area contributed by atoms with Gasteiger partial charge in [0.1, 0.15) is 5.75 Å². The highest BCUT2D eigenvalue weighted by molar-refractivity contribution is 7.22. The van der Waals surface area contributed by atoms with Crippen LogP contribution in [-0.4, -0.2) is 31.1 Å². The maximum Gasteiger partial charge on any atom is 0.230 e. The van der Waals surface area contributed by atoms with Crippen LogP contribution in [0.25, 0.3) is 10.2 Å². The summed E-state index contributed by atoms with van der Waals surface area (Å²) < 4.78 is 6.21. The van der Waals surface area contributed by atoms with Gasteiger partial charge in [-0.1, -0.05) is 11.3 Å². The number of aromatic nitrogens is 1. The second-order valence-corrected chi connectivity index (χ2v) is 5.92. The number of carbonyl (C=O) groups is 1. The molecule has 20 heavy (non-hydrogen) atoms. The van der Waals surface area contributed by atoms with Crippen LogP contribution in [0.15, 0.2) is 18.2 Å². The quantitative estimate of drug-likeness (QED) is 0.910. The Morgan fingerprint density at radius 3 is 3.20 bits per heavy atom. The van der Waals surface area contributed by atoms with Gasteiger partial charge < -0.3 is 15.4 Å². The lowest BCUT2D eigenvalue weighted by Crippen LogP contribution is -2.37. The number of benzene rings is 1. The van der Waals surface area contributed by atoms with Gasteiger partial charge in [0.2, 0.25) is 5.91 Å². The highest BCUT2D eigenvalue weighted by atomic mass is 32.1. The Morgan fingerprint density at radius 2 is 2.45 bits per heavy atom. The first kappa shape index (κ1) is 13.3. The standard InChI is InChI=1S/C14H17N3O2S/c1-19-10-4-5-11-12(7-10)20-14(16-11)17-13(18)9-3-2-6-15-8-9/h4-5,7,9,15H,2-3,6,8H2,1H3,(H,16,17,18)/t9-/m0/s1. The molecule has 0 radical (unpaired) electrons. The molecule has 1 saturated heterocycles. The largest absolute Gasteiger partial charge is 0.497 e. The van der Waals surface area contributed by atoms with Crippen molar-refractivity contribution in [2.45, 2.75) is 12.8 Å². The molecule has 0 unspecified atom stereocenters. The maximum atomic E-state index is 12.2. The summed E-state index contributed by atoms with van der Waals surface area (Å²) in [6, 6.07) is 5.71. The topological polar surface area (TPSA) is 63.2 Å². The molecule has 6 heteroatoms. The number of carbonyl (C=O) groups excluding carboxylic acids is 1. The molecule has 2 heterocycles. The minimum atomic E-state index is 0.0466. The molecule has 0 aliphatic carbocycles. The van der Waals surface area contributed by atoms with Crippen molar-refractivity contribution in [2.75, 3.05) is 25.5 Å². The van der Waals surface area contributed by atoms with E-state index >= 15 is 0 Å². The van der Waals surface area contributed by atoms with Gasteiger partial charge in [-0.2, -0.15) is 0 Å². The minimum Gasteiger partial charge on any atom is -0.497 e. The molecule has 106 valence electrons. The molecule has 0 saturated carbocycles. The molecule has 0 spiro atoms. The van der Waals surface area contributed by atoms with Gasteiger partial charge in [0.05, 0.1) is 23.2 Å². The Bertz CT molecular complexity index is 620. The number of nitrogens with zero attached hydrogens (tertiary/aromatic N) is 1. The second-order valence-electron chi connectivity index (χ2n) is 4.89. The van der Waals surface area contributed by atoms with Crippen LogP contribution in [0.1, 0.15) is 12.8 Å². The van der Waals surface area contributed by atoms with Crippen molar-refractivity contribution >= 4 is 32.6 Å². The van der Waals surface area contributed by atoms with Crippen LogP contribution in [0.5, 0.6) is 5.75 Å². The number of piperidine rings is 1. The molecule has 2 N–H and O–H groups in total. The summed E-state index contributed by atoms with van der Waals surface area (Å²) in [7, 11) is 1.64. The summed E-state index contributed by atoms with van der Waals surface area (Å²) in [6.45, 7) is 1.76. The van der Waals surface area contributed by atoms with Crippen LogP contribution < -0.4 is 15.4 Å². The lowest BCUT2D eigenvalue weighted by molar-refractivity contribution is -0.120. The highest BCUT2D eigenvalue weighted by Crippen LogP contribution is 2.29. The van der Waals surface area contributed by atoms with E-state index in [0.717, 1.165) is 41.9 Å². The number of fused-ring (bicyclic) bond motifs is 1. The van der Waals surface area contributed by atoms with Gasteiger partial charge in [-0.05, 0) is 37.6 Å². The van der Waals surface area contributed by atoms with E-state index in [2.05, 4.69) is 15.6 Å². The molecule has 1 fully saturated rings. The van der Waals surface area contributed by atoms with Crippen LogP contribution in [0.4, 0.5) is 5.13 Å². The number of ether oxygens (including phenoxy) is 1. The van der Waals surface area contributed by atoms with Crippen molar-refractivity contribution in [2.24, 2.45) is 5.92 Å². The fourth-order valence-electron chi connectivity index (χ4n) is 2.37. The third-order valence-corrected chi connectivity index (χ3v) is 4.43. The Morgan fingerprint density at radius 1 is 1.55 bits per heavy atom. The smallest absolute Gasteiger partial charge is 0.230 e. The van der Waals surface area contributed by atoms with Gasteiger partial charge in [0.25, 0.3) is 0 Å².